The molecule has 0 spiro atoms. The van der Waals surface area contributed by atoms with Crippen LogP contribution in [0.3, 0.4) is 0 Å². The lowest BCUT2D eigenvalue weighted by molar-refractivity contribution is -0.145. The van der Waals surface area contributed by atoms with Gasteiger partial charge in [0.2, 0.25) is 0 Å². The van der Waals surface area contributed by atoms with E-state index in [1.807, 2.05) is 11.4 Å². The Bertz CT molecular complexity index is 325. The molecule has 3 N–H and O–H groups in total. The fourth-order valence-electron chi connectivity index (χ4n) is 1.09. The molecule has 0 aliphatic heterocycles. The number of rotatable bonds is 5. The Labute approximate surface area is 93.4 Å². The highest BCUT2D eigenvalue weighted by Crippen LogP contribution is 2.18. The molecule has 0 bridgehead atoms. The van der Waals surface area contributed by atoms with Crippen molar-refractivity contribution in [1.29, 1.82) is 0 Å². The molecule has 84 valence electrons. The smallest absolute Gasteiger partial charge is 0.322 e. The molecule has 0 aromatic carbocycles. The first-order valence-corrected chi connectivity index (χ1v) is 5.75. The standard InChI is InChI=1S/C10H16N2O2S/c1-3-14-10(13)7(2)12-6-9-8(11)4-5-15-9/h4-5,7,12H,3,6,11H2,1-2H3. The van der Waals surface area contributed by atoms with Crippen LogP contribution in [0.5, 0.6) is 0 Å². The van der Waals surface area contributed by atoms with Gasteiger partial charge in [0, 0.05) is 17.1 Å². The highest BCUT2D eigenvalue weighted by atomic mass is 32.1. The van der Waals surface area contributed by atoms with Crippen molar-refractivity contribution in [3.05, 3.63) is 16.3 Å². The molecule has 1 atom stereocenters. The van der Waals surface area contributed by atoms with Crippen LogP contribution in [0, 0.1) is 0 Å². The summed E-state index contributed by atoms with van der Waals surface area (Å²) in [5.41, 5.74) is 6.48. The third kappa shape index (κ3) is 3.53. The Morgan fingerprint density at radius 2 is 2.47 bits per heavy atom. The first kappa shape index (κ1) is 12.0. The van der Waals surface area contributed by atoms with Crippen molar-refractivity contribution in [2.75, 3.05) is 12.3 Å². The highest BCUT2D eigenvalue weighted by molar-refractivity contribution is 7.10. The van der Waals surface area contributed by atoms with Crippen molar-refractivity contribution >= 4 is 23.0 Å². The molecule has 0 saturated carbocycles. The Morgan fingerprint density at radius 3 is 3.00 bits per heavy atom. The quantitative estimate of drug-likeness (QED) is 0.747. The van der Waals surface area contributed by atoms with Crippen LogP contribution >= 0.6 is 11.3 Å². The molecular weight excluding hydrogens is 212 g/mol. The lowest BCUT2D eigenvalue weighted by Gasteiger charge is -2.11. The average molecular weight is 228 g/mol. The lowest BCUT2D eigenvalue weighted by atomic mass is 10.3. The van der Waals surface area contributed by atoms with E-state index >= 15 is 0 Å². The summed E-state index contributed by atoms with van der Waals surface area (Å²) >= 11 is 1.58. The van der Waals surface area contributed by atoms with Gasteiger partial charge >= 0.3 is 5.97 Å². The van der Waals surface area contributed by atoms with Crippen molar-refractivity contribution in [3.63, 3.8) is 0 Å². The molecule has 1 aromatic heterocycles. The molecule has 0 aliphatic carbocycles. The summed E-state index contributed by atoms with van der Waals surface area (Å²) in [5.74, 6) is -0.229. The van der Waals surface area contributed by atoms with E-state index in [0.717, 1.165) is 10.6 Å². The van der Waals surface area contributed by atoms with Gasteiger partial charge in [-0.2, -0.15) is 0 Å². The number of carbonyl (C=O) groups excluding carboxylic acids is 1. The van der Waals surface area contributed by atoms with E-state index in [1.54, 1.807) is 25.2 Å². The molecule has 0 saturated heterocycles. The zero-order chi connectivity index (χ0) is 11.3. The predicted octanol–water partition coefficient (Wildman–Crippen LogP) is 1.37. The van der Waals surface area contributed by atoms with Gasteiger partial charge in [0.25, 0.3) is 0 Å². The van der Waals surface area contributed by atoms with Crippen LogP contribution in [0.2, 0.25) is 0 Å². The summed E-state index contributed by atoms with van der Waals surface area (Å²) in [7, 11) is 0. The molecule has 1 rings (SSSR count). The average Bonchev–Trinajstić information content (AvgIpc) is 2.61. The second kappa shape index (κ2) is 5.72. The molecule has 1 aromatic rings. The first-order chi connectivity index (χ1) is 7.15. The van der Waals surface area contributed by atoms with Crippen LogP contribution in [0.25, 0.3) is 0 Å². The van der Waals surface area contributed by atoms with E-state index in [9.17, 15) is 4.79 Å². The summed E-state index contributed by atoms with van der Waals surface area (Å²) < 4.78 is 4.87. The maximum absolute atomic E-state index is 11.3. The molecule has 5 heteroatoms. The number of nitrogen functional groups attached to an aromatic ring is 1. The summed E-state index contributed by atoms with van der Waals surface area (Å²) in [6.07, 6.45) is 0. The van der Waals surface area contributed by atoms with Gasteiger partial charge in [0.1, 0.15) is 6.04 Å². The molecular formula is C10H16N2O2S. The number of carbonyl (C=O) groups is 1. The van der Waals surface area contributed by atoms with E-state index in [2.05, 4.69) is 5.32 Å². The second-order valence-corrected chi connectivity index (χ2v) is 4.15. The van der Waals surface area contributed by atoms with E-state index in [1.165, 1.54) is 0 Å². The van der Waals surface area contributed by atoms with Crippen molar-refractivity contribution < 1.29 is 9.53 Å². The molecule has 1 unspecified atom stereocenters. The fraction of sp³-hybridized carbons (Fsp3) is 0.500. The minimum absolute atomic E-state index is 0.229. The molecule has 1 heterocycles. The number of nitrogens with one attached hydrogen (secondary N) is 1. The van der Waals surface area contributed by atoms with Crippen LogP contribution in [0.15, 0.2) is 11.4 Å². The summed E-state index contributed by atoms with van der Waals surface area (Å²) in [6, 6.07) is 1.56. The van der Waals surface area contributed by atoms with Gasteiger partial charge in [-0.15, -0.1) is 11.3 Å². The Kier molecular flexibility index (Phi) is 4.58. The van der Waals surface area contributed by atoms with E-state index in [0.29, 0.717) is 13.2 Å². The van der Waals surface area contributed by atoms with Gasteiger partial charge in [0.05, 0.1) is 6.61 Å². The third-order valence-electron chi connectivity index (χ3n) is 1.99. The Hall–Kier alpha value is -1.07. The largest absolute Gasteiger partial charge is 0.465 e. The maximum Gasteiger partial charge on any atom is 0.322 e. The molecule has 0 amide bonds. The normalized spacial score (nSPS) is 12.4. The molecule has 0 aliphatic rings. The number of hydrogen-bond acceptors (Lipinski definition) is 5. The number of anilines is 1. The topological polar surface area (TPSA) is 64.3 Å². The monoisotopic (exact) mass is 228 g/mol. The van der Waals surface area contributed by atoms with Gasteiger partial charge in [-0.1, -0.05) is 0 Å². The van der Waals surface area contributed by atoms with Crippen molar-refractivity contribution in [3.8, 4) is 0 Å². The van der Waals surface area contributed by atoms with Gasteiger partial charge in [0.15, 0.2) is 0 Å². The zero-order valence-electron chi connectivity index (χ0n) is 8.95. The van der Waals surface area contributed by atoms with Crippen LogP contribution in [-0.4, -0.2) is 18.6 Å². The minimum atomic E-state index is -0.300. The zero-order valence-corrected chi connectivity index (χ0v) is 9.76. The SMILES string of the molecule is CCOC(=O)C(C)NCc1sccc1N. The highest BCUT2D eigenvalue weighted by Gasteiger charge is 2.13. The number of thiophene rings is 1. The lowest BCUT2D eigenvalue weighted by Crippen LogP contribution is -2.34. The molecule has 0 radical (unpaired) electrons. The molecule has 15 heavy (non-hydrogen) atoms. The predicted molar refractivity (Wildman–Crippen MR) is 61.7 cm³/mol. The van der Waals surface area contributed by atoms with Crippen molar-refractivity contribution in [2.24, 2.45) is 0 Å². The summed E-state index contributed by atoms with van der Waals surface area (Å²) in [6.45, 7) is 4.58. The number of esters is 1. The third-order valence-corrected chi connectivity index (χ3v) is 2.93. The van der Waals surface area contributed by atoms with Crippen LogP contribution < -0.4 is 11.1 Å². The second-order valence-electron chi connectivity index (χ2n) is 3.15. The fourth-order valence-corrected chi connectivity index (χ4v) is 1.84. The number of ether oxygens (including phenoxy) is 1. The van der Waals surface area contributed by atoms with Crippen LogP contribution in [0.1, 0.15) is 18.7 Å². The van der Waals surface area contributed by atoms with Crippen molar-refractivity contribution in [2.45, 2.75) is 26.4 Å². The summed E-state index contributed by atoms with van der Waals surface area (Å²) in [4.78, 5) is 12.3. The Balaban J connectivity index is 2.37. The van der Waals surface area contributed by atoms with Gasteiger partial charge in [-0.05, 0) is 25.3 Å². The van der Waals surface area contributed by atoms with Crippen LogP contribution in [0.4, 0.5) is 5.69 Å². The van der Waals surface area contributed by atoms with E-state index < -0.39 is 0 Å². The first-order valence-electron chi connectivity index (χ1n) is 4.87. The minimum Gasteiger partial charge on any atom is -0.465 e. The maximum atomic E-state index is 11.3. The number of hydrogen-bond donors (Lipinski definition) is 2. The molecule has 0 fully saturated rings. The van der Waals surface area contributed by atoms with Gasteiger partial charge < -0.3 is 10.5 Å². The Morgan fingerprint density at radius 1 is 1.73 bits per heavy atom. The van der Waals surface area contributed by atoms with E-state index in [4.69, 9.17) is 10.5 Å². The van der Waals surface area contributed by atoms with Gasteiger partial charge in [-0.25, -0.2) is 0 Å². The van der Waals surface area contributed by atoms with Gasteiger partial charge in [-0.3, -0.25) is 10.1 Å². The number of nitrogens with two attached hydrogens (primary N) is 1. The summed E-state index contributed by atoms with van der Waals surface area (Å²) in [5, 5.41) is 5.00. The van der Waals surface area contributed by atoms with Crippen LogP contribution in [-0.2, 0) is 16.1 Å². The van der Waals surface area contributed by atoms with Crippen molar-refractivity contribution in [1.82, 2.24) is 5.32 Å². The van der Waals surface area contributed by atoms with E-state index in [-0.39, 0.29) is 12.0 Å². The molecule has 4 nitrogen and oxygen atoms in total.